The van der Waals surface area contributed by atoms with E-state index < -0.39 is 0 Å². The Morgan fingerprint density at radius 2 is 1.92 bits per heavy atom. The molecule has 0 aliphatic carbocycles. The molecule has 1 aromatic heterocycles. The number of carbonyl (C=O) groups is 1. The number of piperazine rings is 1. The molecule has 1 amide bonds. The third-order valence-electron chi connectivity index (χ3n) is 4.53. The van der Waals surface area contributed by atoms with Crippen LogP contribution in [-0.4, -0.2) is 47.8 Å². The number of hydrogen-bond donors (Lipinski definition) is 0. The zero-order valence-electron chi connectivity index (χ0n) is 14.2. The molecule has 0 radical (unpaired) electrons. The van der Waals surface area contributed by atoms with Gasteiger partial charge in [0.25, 0.3) is 0 Å². The van der Waals surface area contributed by atoms with Crippen LogP contribution in [-0.2, 0) is 4.79 Å². The van der Waals surface area contributed by atoms with Gasteiger partial charge in [-0.15, -0.1) is 22.9 Å². The number of hydrogen-bond acceptors (Lipinski definition) is 3. The van der Waals surface area contributed by atoms with E-state index in [2.05, 4.69) is 55.1 Å². The molecule has 0 N–H and O–H groups in total. The van der Waals surface area contributed by atoms with Gasteiger partial charge in [0.1, 0.15) is 5.88 Å². The van der Waals surface area contributed by atoms with E-state index >= 15 is 0 Å². The molecule has 0 bridgehead atoms. The van der Waals surface area contributed by atoms with E-state index in [9.17, 15) is 4.79 Å². The summed E-state index contributed by atoms with van der Waals surface area (Å²) in [6, 6.07) is 13.4. The SMILES string of the molecule is Cc1cccc(C(c2ccc(C)s2)N2CCN(C(=O)CCl)CC2)c1. The van der Waals surface area contributed by atoms with Crippen molar-refractivity contribution in [2.45, 2.75) is 19.9 Å². The van der Waals surface area contributed by atoms with Gasteiger partial charge in [-0.05, 0) is 31.5 Å². The van der Waals surface area contributed by atoms with Gasteiger partial charge in [-0.1, -0.05) is 29.8 Å². The molecule has 2 aromatic rings. The van der Waals surface area contributed by atoms with Crippen molar-refractivity contribution in [2.24, 2.45) is 0 Å². The van der Waals surface area contributed by atoms with E-state index in [4.69, 9.17) is 11.6 Å². The van der Waals surface area contributed by atoms with Gasteiger partial charge in [-0.2, -0.15) is 0 Å². The van der Waals surface area contributed by atoms with Gasteiger partial charge in [0.2, 0.25) is 5.91 Å². The van der Waals surface area contributed by atoms with Crippen molar-refractivity contribution < 1.29 is 4.79 Å². The highest BCUT2D eigenvalue weighted by Gasteiger charge is 2.28. The smallest absolute Gasteiger partial charge is 0.237 e. The molecule has 3 rings (SSSR count). The number of amides is 1. The first kappa shape index (κ1) is 17.5. The minimum atomic E-state index is 0.0374. The molecule has 1 aromatic carbocycles. The molecule has 24 heavy (non-hydrogen) atoms. The highest BCUT2D eigenvalue weighted by atomic mass is 35.5. The average Bonchev–Trinajstić information content (AvgIpc) is 3.01. The van der Waals surface area contributed by atoms with E-state index in [1.54, 1.807) is 0 Å². The summed E-state index contributed by atoms with van der Waals surface area (Å²) in [6.45, 7) is 7.53. The second kappa shape index (κ2) is 7.68. The molecular weight excluding hydrogens is 340 g/mol. The lowest BCUT2D eigenvalue weighted by Gasteiger charge is -2.39. The van der Waals surface area contributed by atoms with Crippen LogP contribution in [0.3, 0.4) is 0 Å². The van der Waals surface area contributed by atoms with Crippen molar-refractivity contribution >= 4 is 28.8 Å². The highest BCUT2D eigenvalue weighted by Crippen LogP contribution is 2.34. The summed E-state index contributed by atoms with van der Waals surface area (Å²) < 4.78 is 0. The van der Waals surface area contributed by atoms with Crippen LogP contribution in [0, 0.1) is 13.8 Å². The van der Waals surface area contributed by atoms with Crippen molar-refractivity contribution in [2.75, 3.05) is 32.1 Å². The molecule has 0 spiro atoms. The van der Waals surface area contributed by atoms with Crippen LogP contribution in [0.2, 0.25) is 0 Å². The lowest BCUT2D eigenvalue weighted by molar-refractivity contribution is -0.130. The van der Waals surface area contributed by atoms with Gasteiger partial charge >= 0.3 is 0 Å². The molecular formula is C19H23ClN2OS. The predicted octanol–water partition coefficient (Wildman–Crippen LogP) is 3.84. The largest absolute Gasteiger partial charge is 0.339 e. The molecule has 1 saturated heterocycles. The van der Waals surface area contributed by atoms with E-state index in [-0.39, 0.29) is 17.8 Å². The van der Waals surface area contributed by atoms with Crippen molar-refractivity contribution in [1.82, 2.24) is 9.80 Å². The Morgan fingerprint density at radius 3 is 2.50 bits per heavy atom. The first-order chi connectivity index (χ1) is 11.6. The maximum absolute atomic E-state index is 11.8. The van der Waals surface area contributed by atoms with Gasteiger partial charge in [0.15, 0.2) is 0 Å². The predicted molar refractivity (Wildman–Crippen MR) is 101 cm³/mol. The zero-order valence-corrected chi connectivity index (χ0v) is 15.7. The summed E-state index contributed by atoms with van der Waals surface area (Å²) in [4.78, 5) is 18.9. The van der Waals surface area contributed by atoms with Gasteiger partial charge < -0.3 is 4.90 Å². The maximum Gasteiger partial charge on any atom is 0.237 e. The topological polar surface area (TPSA) is 23.6 Å². The monoisotopic (exact) mass is 362 g/mol. The van der Waals surface area contributed by atoms with Crippen LogP contribution in [0.4, 0.5) is 0 Å². The Kier molecular flexibility index (Phi) is 5.59. The van der Waals surface area contributed by atoms with Crippen molar-refractivity contribution in [3.8, 4) is 0 Å². The van der Waals surface area contributed by atoms with Crippen molar-refractivity contribution in [1.29, 1.82) is 0 Å². The molecule has 0 saturated carbocycles. The van der Waals surface area contributed by atoms with E-state index in [0.717, 1.165) is 26.2 Å². The number of halogens is 1. The fourth-order valence-corrected chi connectivity index (χ4v) is 4.52. The molecule has 1 aliphatic heterocycles. The minimum Gasteiger partial charge on any atom is -0.339 e. The van der Waals surface area contributed by atoms with E-state index in [0.29, 0.717) is 0 Å². The van der Waals surface area contributed by atoms with E-state index in [1.165, 1.54) is 20.9 Å². The second-order valence-corrected chi connectivity index (χ2v) is 7.90. The molecule has 1 unspecified atom stereocenters. The average molecular weight is 363 g/mol. The number of benzene rings is 1. The number of aryl methyl sites for hydroxylation is 2. The summed E-state index contributed by atoms with van der Waals surface area (Å²) in [5.74, 6) is 0.112. The fraction of sp³-hybridized carbons (Fsp3) is 0.421. The van der Waals surface area contributed by atoms with Crippen LogP contribution in [0.15, 0.2) is 36.4 Å². The maximum atomic E-state index is 11.8. The van der Waals surface area contributed by atoms with Crippen LogP contribution < -0.4 is 0 Å². The van der Waals surface area contributed by atoms with Gasteiger partial charge in [0, 0.05) is 35.9 Å². The summed E-state index contributed by atoms with van der Waals surface area (Å²) in [6.07, 6.45) is 0. The lowest BCUT2D eigenvalue weighted by Crippen LogP contribution is -2.50. The standard InChI is InChI=1S/C19H23ClN2OS/c1-14-4-3-5-16(12-14)19(17-7-6-15(2)24-17)22-10-8-21(9-11-22)18(23)13-20/h3-7,12,19H,8-11,13H2,1-2H3. The highest BCUT2D eigenvalue weighted by molar-refractivity contribution is 7.12. The molecule has 1 aliphatic rings. The van der Waals surface area contributed by atoms with Crippen LogP contribution >= 0.6 is 22.9 Å². The molecule has 1 fully saturated rings. The third-order valence-corrected chi connectivity index (χ3v) is 5.82. The molecule has 2 heterocycles. The molecule has 1 atom stereocenters. The minimum absolute atomic E-state index is 0.0374. The summed E-state index contributed by atoms with van der Waals surface area (Å²) in [7, 11) is 0. The lowest BCUT2D eigenvalue weighted by atomic mass is 10.0. The van der Waals surface area contributed by atoms with Crippen LogP contribution in [0.25, 0.3) is 0 Å². The third kappa shape index (κ3) is 3.82. The van der Waals surface area contributed by atoms with Crippen molar-refractivity contribution in [3.63, 3.8) is 0 Å². The van der Waals surface area contributed by atoms with Crippen LogP contribution in [0.5, 0.6) is 0 Å². The normalized spacial score (nSPS) is 17.0. The summed E-state index contributed by atoms with van der Waals surface area (Å²) in [5, 5.41) is 0. The number of alkyl halides is 1. The Labute approximate surface area is 152 Å². The number of thiophene rings is 1. The Balaban J connectivity index is 1.85. The number of rotatable bonds is 4. The summed E-state index contributed by atoms with van der Waals surface area (Å²) >= 11 is 7.55. The van der Waals surface area contributed by atoms with Gasteiger partial charge in [0.05, 0.1) is 6.04 Å². The first-order valence-corrected chi connectivity index (χ1v) is 9.64. The number of nitrogens with zero attached hydrogens (tertiary/aromatic N) is 2. The van der Waals surface area contributed by atoms with Crippen LogP contribution in [0.1, 0.15) is 26.9 Å². The molecule has 5 heteroatoms. The molecule has 3 nitrogen and oxygen atoms in total. The second-order valence-electron chi connectivity index (χ2n) is 6.32. The Bertz CT molecular complexity index is 707. The first-order valence-electron chi connectivity index (χ1n) is 8.29. The Hall–Kier alpha value is -1.36. The zero-order chi connectivity index (χ0) is 17.1. The quantitative estimate of drug-likeness (QED) is 0.771. The van der Waals surface area contributed by atoms with Gasteiger partial charge in [-0.3, -0.25) is 9.69 Å². The van der Waals surface area contributed by atoms with Crippen molar-refractivity contribution in [3.05, 3.63) is 57.3 Å². The van der Waals surface area contributed by atoms with E-state index in [1.807, 2.05) is 16.2 Å². The fourth-order valence-electron chi connectivity index (χ4n) is 3.31. The number of carbonyl (C=O) groups excluding carboxylic acids is 1. The van der Waals surface area contributed by atoms with Gasteiger partial charge in [-0.25, -0.2) is 0 Å². The summed E-state index contributed by atoms with van der Waals surface area (Å²) in [5.41, 5.74) is 2.61. The Morgan fingerprint density at radius 1 is 1.17 bits per heavy atom. The molecule has 128 valence electrons.